The quantitative estimate of drug-likeness (QED) is 0.474. The number of halogens is 1. The van der Waals surface area contributed by atoms with Crippen LogP contribution in [0.3, 0.4) is 0 Å². The molecule has 170 valence electrons. The molecule has 0 bridgehead atoms. The Morgan fingerprint density at radius 3 is 2.72 bits per heavy atom. The maximum absolute atomic E-state index is 12.1. The summed E-state index contributed by atoms with van der Waals surface area (Å²) in [7, 11) is 3.90. The lowest BCUT2D eigenvalue weighted by Crippen LogP contribution is -2.44. The minimum atomic E-state index is -0.347. The lowest BCUT2D eigenvalue weighted by molar-refractivity contribution is -0.123. The van der Waals surface area contributed by atoms with E-state index in [0.717, 1.165) is 29.0 Å². The van der Waals surface area contributed by atoms with Crippen molar-refractivity contribution in [1.29, 1.82) is 0 Å². The topological polar surface area (TPSA) is 57.2 Å². The molecule has 0 atom stereocenters. The van der Waals surface area contributed by atoms with Crippen molar-refractivity contribution in [3.8, 4) is 5.75 Å². The van der Waals surface area contributed by atoms with Gasteiger partial charge in [-0.25, -0.2) is 5.43 Å². The Morgan fingerprint density at radius 2 is 2.03 bits per heavy atom. The maximum Gasteiger partial charge on any atom is 0.277 e. The van der Waals surface area contributed by atoms with Crippen LogP contribution in [0.15, 0.2) is 47.6 Å². The number of amides is 1. The molecular formula is C25H31ClN4O2. The van der Waals surface area contributed by atoms with E-state index in [0.29, 0.717) is 10.8 Å². The smallest absolute Gasteiger partial charge is 0.277 e. The number of likely N-dealkylation sites (N-methyl/N-ethyl adjacent to an activating group) is 1. The molecular weight excluding hydrogens is 424 g/mol. The van der Waals surface area contributed by atoms with Gasteiger partial charge in [0, 0.05) is 49.2 Å². The number of nitrogens with one attached hydrogen (secondary N) is 1. The molecule has 0 aliphatic carbocycles. The first-order valence-corrected chi connectivity index (χ1v) is 11.0. The molecule has 0 unspecified atom stereocenters. The van der Waals surface area contributed by atoms with Crippen LogP contribution in [0, 0.1) is 0 Å². The van der Waals surface area contributed by atoms with Crippen molar-refractivity contribution in [2.45, 2.75) is 33.2 Å². The fourth-order valence-corrected chi connectivity index (χ4v) is 4.20. The summed E-state index contributed by atoms with van der Waals surface area (Å²) in [4.78, 5) is 16.4. The predicted molar refractivity (Wildman–Crippen MR) is 134 cm³/mol. The number of rotatable bonds is 7. The third-order valence-electron chi connectivity index (χ3n) is 5.51. The van der Waals surface area contributed by atoms with E-state index in [-0.39, 0.29) is 18.1 Å². The number of hydrogen-bond acceptors (Lipinski definition) is 5. The Labute approximate surface area is 195 Å². The normalized spacial score (nSPS) is 14.7. The van der Waals surface area contributed by atoms with Gasteiger partial charge in [-0.2, -0.15) is 5.10 Å². The molecule has 1 heterocycles. The second-order valence-corrected chi connectivity index (χ2v) is 9.00. The zero-order valence-electron chi connectivity index (χ0n) is 19.6. The molecule has 0 radical (unpaired) electrons. The van der Waals surface area contributed by atoms with Gasteiger partial charge in [-0.1, -0.05) is 23.7 Å². The van der Waals surface area contributed by atoms with Crippen molar-refractivity contribution in [1.82, 2.24) is 5.43 Å². The lowest BCUT2D eigenvalue weighted by atomic mass is 9.88. The highest BCUT2D eigenvalue weighted by Gasteiger charge is 2.30. The summed E-state index contributed by atoms with van der Waals surface area (Å²) in [6, 6.07) is 11.5. The van der Waals surface area contributed by atoms with Crippen LogP contribution in [0.4, 0.5) is 11.4 Å². The number of ether oxygens (including phenoxy) is 1. The Morgan fingerprint density at radius 1 is 1.28 bits per heavy atom. The lowest BCUT2D eigenvalue weighted by Gasteiger charge is -2.43. The molecule has 2 aromatic rings. The van der Waals surface area contributed by atoms with E-state index in [2.05, 4.69) is 49.2 Å². The number of nitrogens with zero attached hydrogens (tertiary/aromatic N) is 3. The second-order valence-electron chi connectivity index (χ2n) is 8.59. The van der Waals surface area contributed by atoms with Gasteiger partial charge in [0.15, 0.2) is 6.61 Å². The average molecular weight is 455 g/mol. The number of carbonyl (C=O) groups is 1. The second kappa shape index (κ2) is 9.65. The van der Waals surface area contributed by atoms with Crippen molar-refractivity contribution in [3.63, 3.8) is 0 Å². The van der Waals surface area contributed by atoms with Crippen molar-refractivity contribution >= 4 is 40.7 Å². The number of hydrazone groups is 1. The first kappa shape index (κ1) is 23.7. The van der Waals surface area contributed by atoms with Gasteiger partial charge < -0.3 is 14.5 Å². The van der Waals surface area contributed by atoms with Gasteiger partial charge >= 0.3 is 0 Å². The standard InChI is InChI=1S/C25H31ClN4O2/c1-7-30-23-13-22(26)18(11-21(23)17(2)14-25(30,3)4)15-27-28-24(31)16-32-20-10-8-9-19(12-20)29(5)6/h8-15H,7,16H2,1-6H3,(H,28,31)/b27-15+. The molecule has 7 heteroatoms. The van der Waals surface area contributed by atoms with Crippen LogP contribution in [-0.2, 0) is 4.79 Å². The number of benzene rings is 2. The van der Waals surface area contributed by atoms with Gasteiger partial charge in [-0.05, 0) is 57.5 Å². The number of anilines is 2. The van der Waals surface area contributed by atoms with E-state index in [1.807, 2.05) is 55.4 Å². The Balaban J connectivity index is 1.66. The van der Waals surface area contributed by atoms with E-state index >= 15 is 0 Å². The third kappa shape index (κ3) is 5.25. The highest BCUT2D eigenvalue weighted by molar-refractivity contribution is 6.33. The molecule has 0 spiro atoms. The van der Waals surface area contributed by atoms with Crippen LogP contribution in [-0.4, -0.2) is 44.9 Å². The molecule has 1 aliphatic heterocycles. The van der Waals surface area contributed by atoms with Crippen LogP contribution in [0.1, 0.15) is 38.8 Å². The highest BCUT2D eigenvalue weighted by atomic mass is 35.5. The molecule has 6 nitrogen and oxygen atoms in total. The van der Waals surface area contributed by atoms with Crippen molar-refractivity contribution in [2.75, 3.05) is 37.0 Å². The molecule has 0 saturated heterocycles. The molecule has 1 amide bonds. The summed E-state index contributed by atoms with van der Waals surface area (Å²) in [5.41, 5.74) is 7.58. The summed E-state index contributed by atoms with van der Waals surface area (Å²) in [6.07, 6.45) is 3.83. The number of carbonyl (C=O) groups excluding carboxylic acids is 1. The van der Waals surface area contributed by atoms with E-state index in [9.17, 15) is 4.79 Å². The maximum atomic E-state index is 12.1. The van der Waals surface area contributed by atoms with Crippen LogP contribution in [0.25, 0.3) is 5.57 Å². The van der Waals surface area contributed by atoms with E-state index in [1.165, 1.54) is 5.57 Å². The summed E-state index contributed by atoms with van der Waals surface area (Å²) in [6.45, 7) is 9.38. The van der Waals surface area contributed by atoms with Gasteiger partial charge in [-0.15, -0.1) is 0 Å². The fraction of sp³-hybridized carbons (Fsp3) is 0.360. The first-order chi connectivity index (χ1) is 15.1. The summed E-state index contributed by atoms with van der Waals surface area (Å²) >= 11 is 6.54. The minimum Gasteiger partial charge on any atom is -0.484 e. The number of fused-ring (bicyclic) bond motifs is 1. The van der Waals surface area contributed by atoms with Gasteiger partial charge in [0.25, 0.3) is 5.91 Å². The number of allylic oxidation sites excluding steroid dienone is 1. The molecule has 1 N–H and O–H groups in total. The predicted octanol–water partition coefficient (Wildman–Crippen LogP) is 4.96. The monoisotopic (exact) mass is 454 g/mol. The first-order valence-electron chi connectivity index (χ1n) is 10.7. The third-order valence-corrected chi connectivity index (χ3v) is 5.84. The Bertz CT molecular complexity index is 1060. The van der Waals surface area contributed by atoms with Crippen molar-refractivity contribution < 1.29 is 9.53 Å². The van der Waals surface area contributed by atoms with Crippen LogP contribution in [0.2, 0.25) is 5.02 Å². The van der Waals surface area contributed by atoms with Crippen LogP contribution < -0.4 is 20.0 Å². The molecule has 2 aromatic carbocycles. The highest BCUT2D eigenvalue weighted by Crippen LogP contribution is 2.40. The molecule has 3 rings (SSSR count). The Kier molecular flexibility index (Phi) is 7.14. The van der Waals surface area contributed by atoms with Crippen LogP contribution >= 0.6 is 11.6 Å². The fourth-order valence-electron chi connectivity index (χ4n) is 4.00. The molecule has 0 saturated carbocycles. The van der Waals surface area contributed by atoms with Gasteiger partial charge in [0.05, 0.1) is 16.8 Å². The van der Waals surface area contributed by atoms with Crippen molar-refractivity contribution in [3.05, 3.63) is 58.6 Å². The average Bonchev–Trinajstić information content (AvgIpc) is 2.73. The molecule has 0 aromatic heterocycles. The van der Waals surface area contributed by atoms with E-state index < -0.39 is 0 Å². The van der Waals surface area contributed by atoms with Gasteiger partial charge in [0.1, 0.15) is 5.75 Å². The summed E-state index contributed by atoms with van der Waals surface area (Å²) in [5, 5.41) is 4.66. The number of hydrogen-bond donors (Lipinski definition) is 1. The minimum absolute atomic E-state index is 0.0786. The van der Waals surface area contributed by atoms with Crippen molar-refractivity contribution in [2.24, 2.45) is 5.10 Å². The van der Waals surface area contributed by atoms with Crippen LogP contribution in [0.5, 0.6) is 5.75 Å². The van der Waals surface area contributed by atoms with Gasteiger partial charge in [0.2, 0.25) is 0 Å². The zero-order chi connectivity index (χ0) is 23.5. The van der Waals surface area contributed by atoms with Gasteiger partial charge in [-0.3, -0.25) is 4.79 Å². The zero-order valence-corrected chi connectivity index (χ0v) is 20.3. The molecule has 32 heavy (non-hydrogen) atoms. The summed E-state index contributed by atoms with van der Waals surface area (Å²) < 4.78 is 5.57. The summed E-state index contributed by atoms with van der Waals surface area (Å²) in [5.74, 6) is 0.277. The Hall–Kier alpha value is -2.99. The largest absolute Gasteiger partial charge is 0.484 e. The SMILES string of the molecule is CCN1c2cc(Cl)c(/C=N/NC(=O)COc3cccc(N(C)C)c3)cc2C(C)=CC1(C)C. The van der Waals surface area contributed by atoms with E-state index in [4.69, 9.17) is 16.3 Å². The molecule has 1 aliphatic rings. The molecule has 0 fully saturated rings. The van der Waals surface area contributed by atoms with E-state index in [1.54, 1.807) is 6.21 Å².